The zero-order chi connectivity index (χ0) is 28.2. The molecule has 4 rings (SSSR count). The minimum atomic E-state index is -3.89. The van der Waals surface area contributed by atoms with Crippen LogP contribution in [0.3, 0.4) is 0 Å². The summed E-state index contributed by atoms with van der Waals surface area (Å²) in [4.78, 5) is 28.7. The van der Waals surface area contributed by atoms with E-state index in [1.807, 2.05) is 6.92 Å². The van der Waals surface area contributed by atoms with Crippen LogP contribution in [0, 0.1) is 0 Å². The Bertz CT molecular complexity index is 1320. The standard InChI is InChI=1S/C27H33Cl2N3O6S/c1-3-23(27(34)30-20-6-4-5-7-20)31(16-18-8-9-19(28)14-22(18)29)26(33)17-32(39(2,35)36)21-10-11-24-25(15-21)38-13-12-37-24/h8-11,14-15,20,23H,3-7,12-13,16-17H2,1-2H3,(H,30,34)/t23-/m0/s1. The van der Waals surface area contributed by atoms with Crippen molar-refractivity contribution in [3.63, 3.8) is 0 Å². The van der Waals surface area contributed by atoms with Gasteiger partial charge in [0.05, 0.1) is 11.9 Å². The number of ether oxygens (including phenoxy) is 2. The van der Waals surface area contributed by atoms with E-state index in [1.54, 1.807) is 30.3 Å². The van der Waals surface area contributed by atoms with Crippen LogP contribution < -0.4 is 19.1 Å². The highest BCUT2D eigenvalue weighted by atomic mass is 35.5. The molecule has 1 aliphatic heterocycles. The molecule has 2 aliphatic rings. The lowest BCUT2D eigenvalue weighted by atomic mass is 10.1. The summed E-state index contributed by atoms with van der Waals surface area (Å²) in [6.45, 7) is 2.03. The number of hydrogen-bond donors (Lipinski definition) is 1. The van der Waals surface area contributed by atoms with E-state index in [0.717, 1.165) is 36.2 Å². The minimum Gasteiger partial charge on any atom is -0.486 e. The molecule has 0 bridgehead atoms. The number of amides is 2. The van der Waals surface area contributed by atoms with Crippen LogP contribution >= 0.6 is 23.2 Å². The molecule has 1 heterocycles. The quantitative estimate of drug-likeness (QED) is 0.435. The number of nitrogens with zero attached hydrogens (tertiary/aromatic N) is 2. The van der Waals surface area contributed by atoms with Gasteiger partial charge in [-0.25, -0.2) is 8.42 Å². The minimum absolute atomic E-state index is 0.00414. The van der Waals surface area contributed by atoms with Crippen molar-refractivity contribution in [2.24, 2.45) is 0 Å². The topological polar surface area (TPSA) is 105 Å². The molecule has 0 unspecified atom stereocenters. The summed E-state index contributed by atoms with van der Waals surface area (Å²) >= 11 is 12.5. The highest BCUT2D eigenvalue weighted by Crippen LogP contribution is 2.35. The maximum absolute atomic E-state index is 13.9. The van der Waals surface area contributed by atoms with Gasteiger partial charge >= 0.3 is 0 Å². The zero-order valence-electron chi connectivity index (χ0n) is 22.0. The van der Waals surface area contributed by atoms with E-state index in [4.69, 9.17) is 32.7 Å². The summed E-state index contributed by atoms with van der Waals surface area (Å²) in [5.41, 5.74) is 0.842. The van der Waals surface area contributed by atoms with Crippen molar-refractivity contribution in [3.8, 4) is 11.5 Å². The van der Waals surface area contributed by atoms with E-state index in [2.05, 4.69) is 5.32 Å². The number of carbonyl (C=O) groups is 2. The predicted molar refractivity (Wildman–Crippen MR) is 151 cm³/mol. The number of fused-ring (bicyclic) bond motifs is 1. The fourth-order valence-electron chi connectivity index (χ4n) is 4.92. The first-order valence-electron chi connectivity index (χ1n) is 13.0. The number of sulfonamides is 1. The Morgan fingerprint density at radius 2 is 1.74 bits per heavy atom. The zero-order valence-corrected chi connectivity index (χ0v) is 24.3. The van der Waals surface area contributed by atoms with Gasteiger partial charge in [-0.1, -0.05) is 49.0 Å². The fourth-order valence-corrected chi connectivity index (χ4v) is 6.23. The van der Waals surface area contributed by atoms with Gasteiger partial charge in [-0.15, -0.1) is 0 Å². The lowest BCUT2D eigenvalue weighted by Gasteiger charge is -2.33. The lowest BCUT2D eigenvalue weighted by Crippen LogP contribution is -2.53. The Morgan fingerprint density at radius 1 is 1.05 bits per heavy atom. The summed E-state index contributed by atoms with van der Waals surface area (Å²) in [5, 5.41) is 3.86. The van der Waals surface area contributed by atoms with Gasteiger partial charge in [0.2, 0.25) is 21.8 Å². The summed E-state index contributed by atoms with van der Waals surface area (Å²) in [6, 6.07) is 8.87. The highest BCUT2D eigenvalue weighted by molar-refractivity contribution is 7.92. The number of halogens is 2. The molecule has 2 aromatic rings. The maximum atomic E-state index is 13.9. The molecule has 9 nitrogen and oxygen atoms in total. The molecule has 1 fully saturated rings. The van der Waals surface area contributed by atoms with Gasteiger partial charge in [0.15, 0.2) is 11.5 Å². The molecule has 0 saturated heterocycles. The number of rotatable bonds is 10. The molecule has 12 heteroatoms. The molecule has 212 valence electrons. The van der Waals surface area contributed by atoms with E-state index < -0.39 is 28.5 Å². The van der Waals surface area contributed by atoms with Crippen LogP contribution in [0.15, 0.2) is 36.4 Å². The molecule has 2 aromatic carbocycles. The molecule has 0 aromatic heterocycles. The van der Waals surface area contributed by atoms with Crippen molar-refractivity contribution in [2.75, 3.05) is 30.3 Å². The Balaban J connectivity index is 1.65. The molecule has 1 aliphatic carbocycles. The second-order valence-corrected chi connectivity index (χ2v) is 12.5. The molecule has 1 N–H and O–H groups in total. The normalized spacial score (nSPS) is 16.0. The van der Waals surface area contributed by atoms with Gasteiger partial charge in [-0.3, -0.25) is 13.9 Å². The van der Waals surface area contributed by atoms with Crippen LogP contribution in [-0.4, -0.2) is 63.2 Å². The third kappa shape index (κ3) is 7.29. The Labute approximate surface area is 239 Å². The average Bonchev–Trinajstić information content (AvgIpc) is 3.40. The number of anilines is 1. The summed E-state index contributed by atoms with van der Waals surface area (Å²) in [7, 11) is -3.89. The van der Waals surface area contributed by atoms with E-state index >= 15 is 0 Å². The van der Waals surface area contributed by atoms with Crippen molar-refractivity contribution < 1.29 is 27.5 Å². The first-order valence-corrected chi connectivity index (χ1v) is 15.6. The number of carbonyl (C=O) groups excluding carboxylic acids is 2. The number of benzene rings is 2. The first kappa shape index (κ1) is 29.3. The van der Waals surface area contributed by atoms with E-state index in [-0.39, 0.29) is 24.2 Å². The van der Waals surface area contributed by atoms with Gasteiger partial charge in [-0.05, 0) is 49.1 Å². The van der Waals surface area contributed by atoms with Crippen LogP contribution in [0.4, 0.5) is 5.69 Å². The van der Waals surface area contributed by atoms with Crippen LogP contribution in [0.1, 0.15) is 44.6 Å². The Kier molecular flexibility index (Phi) is 9.51. The van der Waals surface area contributed by atoms with Gasteiger partial charge in [0, 0.05) is 28.7 Å². The Hall–Kier alpha value is -2.69. The molecule has 0 radical (unpaired) electrons. The number of nitrogens with one attached hydrogen (secondary N) is 1. The SMILES string of the molecule is CC[C@@H](C(=O)NC1CCCC1)N(Cc1ccc(Cl)cc1Cl)C(=O)CN(c1ccc2c(c1)OCCO2)S(C)(=O)=O. The second-order valence-electron chi connectivity index (χ2n) is 9.77. The number of hydrogen-bond acceptors (Lipinski definition) is 6. The highest BCUT2D eigenvalue weighted by Gasteiger charge is 2.33. The third-order valence-corrected chi connectivity index (χ3v) is 8.66. The Morgan fingerprint density at radius 3 is 2.38 bits per heavy atom. The van der Waals surface area contributed by atoms with Crippen LogP contribution in [-0.2, 0) is 26.2 Å². The van der Waals surface area contributed by atoms with E-state index in [0.29, 0.717) is 46.7 Å². The van der Waals surface area contributed by atoms with Gasteiger partial charge in [0.1, 0.15) is 25.8 Å². The molecular formula is C27H33Cl2N3O6S. The maximum Gasteiger partial charge on any atom is 0.244 e. The second kappa shape index (κ2) is 12.7. The van der Waals surface area contributed by atoms with Crippen LogP contribution in [0.25, 0.3) is 0 Å². The van der Waals surface area contributed by atoms with Crippen molar-refractivity contribution in [1.29, 1.82) is 0 Å². The summed E-state index contributed by atoms with van der Waals surface area (Å²) < 4.78 is 37.9. The predicted octanol–water partition coefficient (Wildman–Crippen LogP) is 4.40. The van der Waals surface area contributed by atoms with Crippen molar-refractivity contribution in [2.45, 2.75) is 57.7 Å². The summed E-state index contributed by atoms with van der Waals surface area (Å²) in [5.74, 6) is 0.0771. The molecule has 2 amide bonds. The van der Waals surface area contributed by atoms with Crippen molar-refractivity contribution >= 4 is 50.7 Å². The van der Waals surface area contributed by atoms with Gasteiger partial charge < -0.3 is 19.7 Å². The largest absolute Gasteiger partial charge is 0.486 e. The third-order valence-electron chi connectivity index (χ3n) is 6.94. The van der Waals surface area contributed by atoms with E-state index in [1.165, 1.54) is 11.0 Å². The monoisotopic (exact) mass is 597 g/mol. The van der Waals surface area contributed by atoms with Crippen LogP contribution in [0.2, 0.25) is 10.0 Å². The first-order chi connectivity index (χ1) is 18.6. The van der Waals surface area contributed by atoms with Gasteiger partial charge in [-0.2, -0.15) is 0 Å². The average molecular weight is 599 g/mol. The van der Waals surface area contributed by atoms with Crippen molar-refractivity contribution in [3.05, 3.63) is 52.0 Å². The van der Waals surface area contributed by atoms with Crippen molar-refractivity contribution in [1.82, 2.24) is 10.2 Å². The molecule has 0 spiro atoms. The van der Waals surface area contributed by atoms with Crippen LogP contribution in [0.5, 0.6) is 11.5 Å². The molecule has 39 heavy (non-hydrogen) atoms. The smallest absolute Gasteiger partial charge is 0.244 e. The molecule has 1 saturated carbocycles. The van der Waals surface area contributed by atoms with Gasteiger partial charge in [0.25, 0.3) is 0 Å². The summed E-state index contributed by atoms with van der Waals surface area (Å²) in [6.07, 6.45) is 5.24. The molecule has 1 atom stereocenters. The fraction of sp³-hybridized carbons (Fsp3) is 0.481. The lowest BCUT2D eigenvalue weighted by molar-refractivity contribution is -0.140. The van der Waals surface area contributed by atoms with E-state index in [9.17, 15) is 18.0 Å². The molecular weight excluding hydrogens is 565 g/mol.